The number of aliphatic carboxylic acids is 1. The van der Waals surface area contributed by atoms with Gasteiger partial charge >= 0.3 is 5.97 Å². The Bertz CT molecular complexity index is 743. The quantitative estimate of drug-likeness (QED) is 0.801. The fourth-order valence-corrected chi connectivity index (χ4v) is 2.76. The maximum absolute atomic E-state index is 11.9. The highest BCUT2D eigenvalue weighted by atomic mass is 16.5. The first-order valence-electron chi connectivity index (χ1n) is 7.72. The monoisotopic (exact) mass is 346 g/mol. The summed E-state index contributed by atoms with van der Waals surface area (Å²) in [6.45, 7) is 1.90. The van der Waals surface area contributed by atoms with Gasteiger partial charge < -0.3 is 24.4 Å². The lowest BCUT2D eigenvalue weighted by Gasteiger charge is -2.18. The van der Waals surface area contributed by atoms with Crippen molar-refractivity contribution in [1.82, 2.24) is 0 Å². The molecule has 0 radical (unpaired) electrons. The number of aromatic hydroxyl groups is 1. The van der Waals surface area contributed by atoms with Crippen LogP contribution in [0.25, 0.3) is 0 Å². The van der Waals surface area contributed by atoms with Gasteiger partial charge in [0, 0.05) is 5.56 Å². The van der Waals surface area contributed by atoms with E-state index in [1.165, 1.54) is 21.3 Å². The number of hydrogen-bond donors (Lipinski definition) is 2. The van der Waals surface area contributed by atoms with E-state index in [1.807, 2.05) is 19.1 Å². The molecule has 0 bridgehead atoms. The van der Waals surface area contributed by atoms with Crippen molar-refractivity contribution in [3.05, 3.63) is 47.0 Å². The molecule has 0 aliphatic carbocycles. The third kappa shape index (κ3) is 3.96. The molecule has 0 fully saturated rings. The van der Waals surface area contributed by atoms with Gasteiger partial charge in [-0.2, -0.15) is 0 Å². The maximum Gasteiger partial charge on any atom is 0.311 e. The van der Waals surface area contributed by atoms with Crippen LogP contribution in [0.1, 0.15) is 22.6 Å². The SMILES string of the molecule is COc1ccc(C)cc1C(Cc1cc(OC)c(O)c(OC)c1)C(=O)O. The van der Waals surface area contributed by atoms with Crippen LogP contribution >= 0.6 is 0 Å². The molecule has 1 atom stereocenters. The first-order chi connectivity index (χ1) is 11.9. The number of phenols is 1. The van der Waals surface area contributed by atoms with Gasteiger partial charge in [0.15, 0.2) is 11.5 Å². The molecule has 0 saturated carbocycles. The normalized spacial score (nSPS) is 11.7. The number of methoxy groups -OCH3 is 3. The molecule has 25 heavy (non-hydrogen) atoms. The van der Waals surface area contributed by atoms with Crippen molar-refractivity contribution in [2.75, 3.05) is 21.3 Å². The summed E-state index contributed by atoms with van der Waals surface area (Å²) < 4.78 is 15.6. The van der Waals surface area contributed by atoms with Gasteiger partial charge in [-0.25, -0.2) is 0 Å². The molecule has 2 aromatic rings. The van der Waals surface area contributed by atoms with Crippen molar-refractivity contribution in [3.8, 4) is 23.0 Å². The minimum Gasteiger partial charge on any atom is -0.502 e. The first-order valence-corrected chi connectivity index (χ1v) is 7.72. The van der Waals surface area contributed by atoms with Crippen LogP contribution in [0.4, 0.5) is 0 Å². The fraction of sp³-hybridized carbons (Fsp3) is 0.316. The van der Waals surface area contributed by atoms with Crippen LogP contribution in [-0.4, -0.2) is 37.5 Å². The lowest BCUT2D eigenvalue weighted by Crippen LogP contribution is -2.16. The number of carboxylic acids is 1. The van der Waals surface area contributed by atoms with Gasteiger partial charge in [-0.15, -0.1) is 0 Å². The first kappa shape index (κ1) is 18.4. The molecule has 0 saturated heterocycles. The molecule has 2 rings (SSSR count). The topological polar surface area (TPSA) is 85.2 Å². The minimum atomic E-state index is -0.963. The van der Waals surface area contributed by atoms with Gasteiger partial charge in [-0.3, -0.25) is 4.79 Å². The third-order valence-electron chi connectivity index (χ3n) is 4.04. The summed E-state index contributed by atoms with van der Waals surface area (Å²) >= 11 is 0. The number of benzene rings is 2. The van der Waals surface area contributed by atoms with Crippen LogP contribution < -0.4 is 14.2 Å². The molecular weight excluding hydrogens is 324 g/mol. The molecule has 0 aliphatic heterocycles. The summed E-state index contributed by atoms with van der Waals surface area (Å²) in [6, 6.07) is 8.66. The highest BCUT2D eigenvalue weighted by Gasteiger charge is 2.25. The van der Waals surface area contributed by atoms with Crippen LogP contribution in [0, 0.1) is 6.92 Å². The molecule has 0 aliphatic rings. The summed E-state index contributed by atoms with van der Waals surface area (Å²) in [6.07, 6.45) is 0.197. The van der Waals surface area contributed by atoms with Gasteiger partial charge in [-0.05, 0) is 37.1 Å². The Labute approximate surface area is 146 Å². The average molecular weight is 346 g/mol. The second kappa shape index (κ2) is 7.79. The van der Waals surface area contributed by atoms with Crippen LogP contribution in [0.3, 0.4) is 0 Å². The number of ether oxygens (including phenoxy) is 3. The standard InChI is InChI=1S/C19H22O6/c1-11-5-6-15(23-2)13(7-11)14(19(21)22)8-12-9-16(24-3)18(20)17(10-12)25-4/h5-7,9-10,14,20H,8H2,1-4H3,(H,21,22). The second-order valence-electron chi connectivity index (χ2n) is 5.69. The Balaban J connectivity index is 2.48. The van der Waals surface area contributed by atoms with Crippen molar-refractivity contribution in [2.45, 2.75) is 19.3 Å². The Morgan fingerprint density at radius 3 is 2.04 bits per heavy atom. The van der Waals surface area contributed by atoms with Crippen molar-refractivity contribution in [1.29, 1.82) is 0 Å². The van der Waals surface area contributed by atoms with E-state index >= 15 is 0 Å². The molecular formula is C19H22O6. The zero-order valence-corrected chi connectivity index (χ0v) is 14.7. The summed E-state index contributed by atoms with van der Waals surface area (Å²) in [5.41, 5.74) is 2.21. The van der Waals surface area contributed by atoms with Gasteiger partial charge in [0.05, 0.1) is 27.2 Å². The Morgan fingerprint density at radius 2 is 1.56 bits per heavy atom. The van der Waals surface area contributed by atoms with Crippen LogP contribution in [0.15, 0.2) is 30.3 Å². The Morgan fingerprint density at radius 1 is 1.00 bits per heavy atom. The molecule has 134 valence electrons. The number of aryl methyl sites for hydroxylation is 1. The Kier molecular flexibility index (Phi) is 5.75. The number of carbonyl (C=O) groups is 1. The maximum atomic E-state index is 11.9. The predicted octanol–water partition coefficient (Wildman–Crippen LogP) is 3.14. The van der Waals surface area contributed by atoms with Crippen LogP contribution in [0.5, 0.6) is 23.0 Å². The molecule has 6 heteroatoms. The molecule has 1 unspecified atom stereocenters. The Hall–Kier alpha value is -2.89. The van der Waals surface area contributed by atoms with E-state index in [2.05, 4.69) is 0 Å². The molecule has 0 amide bonds. The molecule has 6 nitrogen and oxygen atoms in total. The number of phenolic OH excluding ortho intramolecular Hbond substituents is 1. The van der Waals surface area contributed by atoms with Crippen LogP contribution in [-0.2, 0) is 11.2 Å². The number of hydrogen-bond acceptors (Lipinski definition) is 5. The summed E-state index contributed by atoms with van der Waals surface area (Å²) in [5, 5.41) is 19.7. The number of carboxylic acid groups (broad SMARTS) is 1. The average Bonchev–Trinajstić information content (AvgIpc) is 2.60. The molecule has 0 spiro atoms. The number of rotatable bonds is 7. The van der Waals surface area contributed by atoms with Gasteiger partial charge in [-0.1, -0.05) is 17.7 Å². The molecule has 0 aromatic heterocycles. The summed E-state index contributed by atoms with van der Waals surface area (Å²) in [7, 11) is 4.37. The van der Waals surface area contributed by atoms with Gasteiger partial charge in [0.25, 0.3) is 0 Å². The largest absolute Gasteiger partial charge is 0.502 e. The lowest BCUT2D eigenvalue weighted by molar-refractivity contribution is -0.138. The fourth-order valence-electron chi connectivity index (χ4n) is 2.76. The van der Waals surface area contributed by atoms with E-state index in [0.717, 1.165) is 5.56 Å². The summed E-state index contributed by atoms with van der Waals surface area (Å²) in [4.78, 5) is 11.9. The van der Waals surface area contributed by atoms with E-state index in [0.29, 0.717) is 16.9 Å². The van der Waals surface area contributed by atoms with Crippen molar-refractivity contribution in [2.24, 2.45) is 0 Å². The second-order valence-corrected chi connectivity index (χ2v) is 5.69. The molecule has 0 heterocycles. The lowest BCUT2D eigenvalue weighted by atomic mass is 9.90. The van der Waals surface area contributed by atoms with E-state index in [-0.39, 0.29) is 23.7 Å². The van der Waals surface area contributed by atoms with E-state index in [1.54, 1.807) is 18.2 Å². The smallest absolute Gasteiger partial charge is 0.311 e. The van der Waals surface area contributed by atoms with Crippen molar-refractivity contribution < 1.29 is 29.2 Å². The zero-order valence-electron chi connectivity index (χ0n) is 14.7. The highest BCUT2D eigenvalue weighted by Crippen LogP contribution is 2.39. The highest BCUT2D eigenvalue weighted by molar-refractivity contribution is 5.78. The van der Waals surface area contributed by atoms with Gasteiger partial charge in [0.1, 0.15) is 5.75 Å². The summed E-state index contributed by atoms with van der Waals surface area (Å²) in [5.74, 6) is -0.905. The zero-order chi connectivity index (χ0) is 18.6. The van der Waals surface area contributed by atoms with Crippen LogP contribution in [0.2, 0.25) is 0 Å². The van der Waals surface area contributed by atoms with Crippen molar-refractivity contribution >= 4 is 5.97 Å². The minimum absolute atomic E-state index is 0.117. The van der Waals surface area contributed by atoms with E-state index in [4.69, 9.17) is 14.2 Å². The predicted molar refractivity (Wildman–Crippen MR) is 93.0 cm³/mol. The van der Waals surface area contributed by atoms with E-state index < -0.39 is 11.9 Å². The van der Waals surface area contributed by atoms with Crippen molar-refractivity contribution in [3.63, 3.8) is 0 Å². The molecule has 2 N–H and O–H groups in total. The molecule has 2 aromatic carbocycles. The third-order valence-corrected chi connectivity index (χ3v) is 4.04. The van der Waals surface area contributed by atoms with Gasteiger partial charge in [0.2, 0.25) is 5.75 Å². The van der Waals surface area contributed by atoms with E-state index in [9.17, 15) is 15.0 Å².